The molecule has 0 aliphatic carbocycles. The van der Waals surface area contributed by atoms with E-state index in [4.69, 9.17) is 10.3 Å². The number of hydrogen-bond acceptors (Lipinski definition) is 5. The van der Waals surface area contributed by atoms with Gasteiger partial charge in [0.15, 0.2) is 0 Å². The largest absolute Gasteiger partial charge is 0.411 e. The number of carbonyl (C=O) groups is 1. The van der Waals surface area contributed by atoms with Gasteiger partial charge in [-0.2, -0.15) is 5.10 Å². The number of aliphatic hydroxyl groups is 1. The van der Waals surface area contributed by atoms with Crippen LogP contribution in [0.1, 0.15) is 13.8 Å². The third-order valence-corrected chi connectivity index (χ3v) is 1.17. The molecular weight excluding hydrogens is 162 g/mol. The van der Waals surface area contributed by atoms with Gasteiger partial charge in [0.1, 0.15) is 6.61 Å². The van der Waals surface area contributed by atoms with Crippen molar-refractivity contribution < 1.29 is 15.1 Å². The minimum absolute atomic E-state index is 0.299. The standard InChI is InChI=1S/C6H11N3O3/c1-4(5(2)9-12)7-8-6(11)3-10/h10,12H,3H2,1-2H3,(H,8,11)/b7-4-,9-5-. The van der Waals surface area contributed by atoms with E-state index < -0.39 is 12.5 Å². The van der Waals surface area contributed by atoms with Crippen molar-refractivity contribution in [2.75, 3.05) is 6.61 Å². The molecule has 3 N–H and O–H groups in total. The molecule has 0 aliphatic heterocycles. The molecule has 6 heteroatoms. The summed E-state index contributed by atoms with van der Waals surface area (Å²) in [6.07, 6.45) is 0. The van der Waals surface area contributed by atoms with Gasteiger partial charge in [-0.1, -0.05) is 5.16 Å². The molecule has 0 bridgehead atoms. The second-order valence-electron chi connectivity index (χ2n) is 2.08. The van der Waals surface area contributed by atoms with Crippen LogP contribution in [0.4, 0.5) is 0 Å². The zero-order valence-corrected chi connectivity index (χ0v) is 6.90. The van der Waals surface area contributed by atoms with Crippen molar-refractivity contribution in [3.8, 4) is 0 Å². The third-order valence-electron chi connectivity index (χ3n) is 1.17. The molecule has 0 rings (SSSR count). The molecule has 68 valence electrons. The highest BCUT2D eigenvalue weighted by Gasteiger charge is 1.98. The van der Waals surface area contributed by atoms with Crippen molar-refractivity contribution in [3.05, 3.63) is 0 Å². The Morgan fingerprint density at radius 1 is 1.42 bits per heavy atom. The number of nitrogens with one attached hydrogen (secondary N) is 1. The summed E-state index contributed by atoms with van der Waals surface area (Å²) in [5, 5.41) is 23.0. The van der Waals surface area contributed by atoms with Crippen molar-refractivity contribution in [3.63, 3.8) is 0 Å². The van der Waals surface area contributed by atoms with Gasteiger partial charge < -0.3 is 10.3 Å². The molecule has 0 radical (unpaired) electrons. The van der Waals surface area contributed by atoms with Crippen LogP contribution in [0.25, 0.3) is 0 Å². The molecule has 0 aromatic heterocycles. The first kappa shape index (κ1) is 10.6. The highest BCUT2D eigenvalue weighted by molar-refractivity contribution is 6.40. The molecule has 0 aliphatic rings. The van der Waals surface area contributed by atoms with Crippen LogP contribution < -0.4 is 5.43 Å². The van der Waals surface area contributed by atoms with Crippen LogP contribution in [0.5, 0.6) is 0 Å². The summed E-state index contributed by atoms with van der Waals surface area (Å²) < 4.78 is 0. The Morgan fingerprint density at radius 2 is 2.00 bits per heavy atom. The Morgan fingerprint density at radius 3 is 2.42 bits per heavy atom. The van der Waals surface area contributed by atoms with E-state index in [1.165, 1.54) is 6.92 Å². The number of oxime groups is 1. The molecular formula is C6H11N3O3. The maximum absolute atomic E-state index is 10.5. The average molecular weight is 173 g/mol. The molecule has 1 amide bonds. The minimum Gasteiger partial charge on any atom is -0.411 e. The molecule has 0 spiro atoms. The van der Waals surface area contributed by atoms with Gasteiger partial charge in [0, 0.05) is 0 Å². The van der Waals surface area contributed by atoms with E-state index in [0.29, 0.717) is 11.4 Å². The first-order valence-electron chi connectivity index (χ1n) is 3.24. The number of aliphatic hydroxyl groups excluding tert-OH is 1. The zero-order valence-electron chi connectivity index (χ0n) is 6.90. The van der Waals surface area contributed by atoms with Gasteiger partial charge in [-0.05, 0) is 13.8 Å². The number of rotatable bonds is 3. The normalized spacial score (nSPS) is 12.9. The van der Waals surface area contributed by atoms with Crippen LogP contribution in [0.15, 0.2) is 10.3 Å². The Bertz CT molecular complexity index is 222. The highest BCUT2D eigenvalue weighted by Crippen LogP contribution is 1.80. The van der Waals surface area contributed by atoms with Gasteiger partial charge in [-0.3, -0.25) is 4.79 Å². The van der Waals surface area contributed by atoms with Gasteiger partial charge in [-0.25, -0.2) is 5.43 Å². The van der Waals surface area contributed by atoms with E-state index in [1.807, 2.05) is 0 Å². The molecule has 0 fully saturated rings. The number of amides is 1. The van der Waals surface area contributed by atoms with Crippen molar-refractivity contribution in [2.24, 2.45) is 10.3 Å². The quantitative estimate of drug-likeness (QED) is 0.300. The maximum atomic E-state index is 10.5. The minimum atomic E-state index is -0.619. The first-order chi connectivity index (χ1) is 5.61. The smallest absolute Gasteiger partial charge is 0.265 e. The van der Waals surface area contributed by atoms with E-state index in [9.17, 15) is 4.79 Å². The summed E-state index contributed by atoms with van der Waals surface area (Å²) in [7, 11) is 0. The summed E-state index contributed by atoms with van der Waals surface area (Å²) in [5.41, 5.74) is 2.73. The Balaban J connectivity index is 4.10. The van der Waals surface area contributed by atoms with Crippen LogP contribution in [-0.4, -0.2) is 34.3 Å². The molecule has 0 aromatic carbocycles. The van der Waals surface area contributed by atoms with Crippen molar-refractivity contribution in [1.29, 1.82) is 0 Å². The number of carbonyl (C=O) groups excluding carboxylic acids is 1. The van der Waals surface area contributed by atoms with E-state index in [2.05, 4.69) is 15.7 Å². The molecule has 0 unspecified atom stereocenters. The summed E-state index contributed by atoms with van der Waals surface area (Å²) >= 11 is 0. The average Bonchev–Trinajstić information content (AvgIpc) is 2.11. The molecule has 0 saturated carbocycles. The number of nitrogens with zero attached hydrogens (tertiary/aromatic N) is 2. The second kappa shape index (κ2) is 5.25. The summed E-state index contributed by atoms with van der Waals surface area (Å²) in [4.78, 5) is 10.5. The van der Waals surface area contributed by atoms with Crippen molar-refractivity contribution in [1.82, 2.24) is 5.43 Å². The van der Waals surface area contributed by atoms with Gasteiger partial charge in [0.25, 0.3) is 5.91 Å². The Kier molecular flexibility index (Phi) is 4.62. The molecule has 12 heavy (non-hydrogen) atoms. The monoisotopic (exact) mass is 173 g/mol. The van der Waals surface area contributed by atoms with Crippen LogP contribution >= 0.6 is 0 Å². The Hall–Kier alpha value is -1.43. The fourth-order valence-corrected chi connectivity index (χ4v) is 0.335. The summed E-state index contributed by atoms with van der Waals surface area (Å²) in [5.74, 6) is -0.611. The lowest BCUT2D eigenvalue weighted by molar-refractivity contribution is -0.123. The van der Waals surface area contributed by atoms with Gasteiger partial charge in [0.05, 0.1) is 11.4 Å². The fourth-order valence-electron chi connectivity index (χ4n) is 0.335. The van der Waals surface area contributed by atoms with Crippen LogP contribution in [-0.2, 0) is 4.79 Å². The molecule has 6 nitrogen and oxygen atoms in total. The molecule has 0 aromatic rings. The molecule has 0 heterocycles. The van der Waals surface area contributed by atoms with E-state index in [-0.39, 0.29) is 0 Å². The van der Waals surface area contributed by atoms with Gasteiger partial charge >= 0.3 is 0 Å². The second-order valence-corrected chi connectivity index (χ2v) is 2.08. The van der Waals surface area contributed by atoms with Crippen molar-refractivity contribution >= 4 is 17.3 Å². The number of hydrazone groups is 1. The SMILES string of the molecule is CC(=N/O)/C(C)=N\NC(=O)CO. The number of hydrogen-bond donors (Lipinski definition) is 3. The predicted octanol–water partition coefficient (Wildman–Crippen LogP) is -0.679. The third kappa shape index (κ3) is 3.67. The lowest BCUT2D eigenvalue weighted by atomic mass is 10.3. The fraction of sp³-hybridized carbons (Fsp3) is 0.500. The molecule has 0 atom stereocenters. The molecule has 0 saturated heterocycles. The van der Waals surface area contributed by atoms with E-state index in [1.54, 1.807) is 6.92 Å². The Labute approximate surface area is 69.6 Å². The van der Waals surface area contributed by atoms with Crippen LogP contribution in [0.3, 0.4) is 0 Å². The predicted molar refractivity (Wildman–Crippen MR) is 43.2 cm³/mol. The van der Waals surface area contributed by atoms with E-state index in [0.717, 1.165) is 0 Å². The maximum Gasteiger partial charge on any atom is 0.265 e. The summed E-state index contributed by atoms with van der Waals surface area (Å²) in [6, 6.07) is 0. The zero-order chi connectivity index (χ0) is 9.56. The lowest BCUT2D eigenvalue weighted by Crippen LogP contribution is -2.23. The van der Waals surface area contributed by atoms with Gasteiger partial charge in [-0.15, -0.1) is 0 Å². The first-order valence-corrected chi connectivity index (χ1v) is 3.24. The van der Waals surface area contributed by atoms with Crippen molar-refractivity contribution in [2.45, 2.75) is 13.8 Å². The van der Waals surface area contributed by atoms with Crippen LogP contribution in [0.2, 0.25) is 0 Å². The summed E-state index contributed by atoms with van der Waals surface area (Å²) in [6.45, 7) is 2.47. The van der Waals surface area contributed by atoms with Crippen LogP contribution in [0, 0.1) is 0 Å². The van der Waals surface area contributed by atoms with E-state index >= 15 is 0 Å². The highest BCUT2D eigenvalue weighted by atomic mass is 16.4. The van der Waals surface area contributed by atoms with Gasteiger partial charge in [0.2, 0.25) is 0 Å². The lowest BCUT2D eigenvalue weighted by Gasteiger charge is -1.97. The topological polar surface area (TPSA) is 94.3 Å².